The fraction of sp³-hybridized carbons (Fsp3) is 0.600. The molecule has 18 heavy (non-hydrogen) atoms. The maximum absolute atomic E-state index is 13.9. The van der Waals surface area contributed by atoms with Crippen LogP contribution in [0.5, 0.6) is 5.75 Å². The topological polar surface area (TPSA) is 21.3 Å². The summed E-state index contributed by atoms with van der Waals surface area (Å²) < 4.78 is 19.6. The van der Waals surface area contributed by atoms with Crippen molar-refractivity contribution in [1.29, 1.82) is 0 Å². The molecule has 0 saturated carbocycles. The Hall–Kier alpha value is -1.09. The predicted molar refractivity (Wildman–Crippen MR) is 71.6 cm³/mol. The van der Waals surface area contributed by atoms with Crippen LogP contribution in [0.2, 0.25) is 0 Å². The molecule has 2 rings (SSSR count). The zero-order valence-electron chi connectivity index (χ0n) is 11.2. The molecule has 100 valence electrons. The standard InChI is InChI=1S/C15H22FNO/c1-11(2)10-18-15-13(4-3-5-14(15)16)12-6-8-17-9-7-12/h3-5,11-12,17H,6-10H2,1-2H3. The highest BCUT2D eigenvalue weighted by Crippen LogP contribution is 2.34. The monoisotopic (exact) mass is 251 g/mol. The third kappa shape index (κ3) is 3.22. The largest absolute Gasteiger partial charge is 0.490 e. The molecule has 1 saturated heterocycles. The van der Waals surface area contributed by atoms with Crippen LogP contribution < -0.4 is 10.1 Å². The molecule has 1 fully saturated rings. The fourth-order valence-electron chi connectivity index (χ4n) is 2.38. The molecule has 0 unspecified atom stereocenters. The molecule has 1 heterocycles. The summed E-state index contributed by atoms with van der Waals surface area (Å²) >= 11 is 0. The van der Waals surface area contributed by atoms with Crippen molar-refractivity contribution in [3.63, 3.8) is 0 Å². The van der Waals surface area contributed by atoms with Crippen LogP contribution >= 0.6 is 0 Å². The van der Waals surface area contributed by atoms with E-state index in [1.54, 1.807) is 6.07 Å². The van der Waals surface area contributed by atoms with E-state index in [1.807, 2.05) is 6.07 Å². The number of rotatable bonds is 4. The SMILES string of the molecule is CC(C)COc1c(F)cccc1C1CCNCC1. The number of hydrogen-bond donors (Lipinski definition) is 1. The first-order valence-electron chi connectivity index (χ1n) is 6.80. The Morgan fingerprint density at radius 1 is 1.33 bits per heavy atom. The molecule has 2 nitrogen and oxygen atoms in total. The summed E-state index contributed by atoms with van der Waals surface area (Å²) in [5, 5.41) is 3.33. The molecule has 0 aliphatic carbocycles. The lowest BCUT2D eigenvalue weighted by molar-refractivity contribution is 0.253. The summed E-state index contributed by atoms with van der Waals surface area (Å²) in [6.07, 6.45) is 2.11. The number of halogens is 1. The first-order valence-corrected chi connectivity index (χ1v) is 6.80. The van der Waals surface area contributed by atoms with E-state index in [0.29, 0.717) is 24.2 Å². The molecule has 0 aromatic heterocycles. The summed E-state index contributed by atoms with van der Waals surface area (Å²) in [6, 6.07) is 5.28. The summed E-state index contributed by atoms with van der Waals surface area (Å²) in [6.45, 7) is 6.73. The van der Waals surface area contributed by atoms with Gasteiger partial charge in [0, 0.05) is 5.56 Å². The Bertz CT molecular complexity index is 386. The number of ether oxygens (including phenoxy) is 1. The van der Waals surface area contributed by atoms with Gasteiger partial charge in [0.2, 0.25) is 0 Å². The van der Waals surface area contributed by atoms with E-state index in [4.69, 9.17) is 4.74 Å². The molecule has 0 atom stereocenters. The molecular weight excluding hydrogens is 229 g/mol. The Balaban J connectivity index is 2.19. The van der Waals surface area contributed by atoms with Gasteiger partial charge in [-0.05, 0) is 43.8 Å². The highest BCUT2D eigenvalue weighted by Gasteiger charge is 2.21. The van der Waals surface area contributed by atoms with Gasteiger partial charge in [0.25, 0.3) is 0 Å². The van der Waals surface area contributed by atoms with Crippen LogP contribution in [0.25, 0.3) is 0 Å². The van der Waals surface area contributed by atoms with Crippen LogP contribution in [0.15, 0.2) is 18.2 Å². The molecule has 0 amide bonds. The third-order valence-corrected chi connectivity index (χ3v) is 3.34. The molecule has 1 N–H and O–H groups in total. The van der Waals surface area contributed by atoms with Crippen molar-refractivity contribution < 1.29 is 9.13 Å². The number of nitrogens with one attached hydrogen (secondary N) is 1. The summed E-state index contributed by atoms with van der Waals surface area (Å²) in [4.78, 5) is 0. The lowest BCUT2D eigenvalue weighted by Crippen LogP contribution is -2.27. The first kappa shape index (κ1) is 13.3. The van der Waals surface area contributed by atoms with Crippen LogP contribution in [0.1, 0.15) is 38.2 Å². The third-order valence-electron chi connectivity index (χ3n) is 3.34. The fourth-order valence-corrected chi connectivity index (χ4v) is 2.38. The van der Waals surface area contributed by atoms with E-state index >= 15 is 0 Å². The predicted octanol–water partition coefficient (Wildman–Crippen LogP) is 3.33. The van der Waals surface area contributed by atoms with Crippen LogP contribution in [0.4, 0.5) is 4.39 Å². The molecule has 0 spiro atoms. The van der Waals surface area contributed by atoms with Gasteiger partial charge in [-0.15, -0.1) is 0 Å². The van der Waals surface area contributed by atoms with Crippen LogP contribution in [0, 0.1) is 11.7 Å². The van der Waals surface area contributed by atoms with Gasteiger partial charge in [-0.25, -0.2) is 4.39 Å². The molecular formula is C15H22FNO. The van der Waals surface area contributed by atoms with Crippen molar-refractivity contribution in [3.05, 3.63) is 29.6 Å². The van der Waals surface area contributed by atoms with Crippen LogP contribution in [-0.4, -0.2) is 19.7 Å². The maximum Gasteiger partial charge on any atom is 0.165 e. The average molecular weight is 251 g/mol. The van der Waals surface area contributed by atoms with E-state index in [1.165, 1.54) is 6.07 Å². The summed E-state index contributed by atoms with van der Waals surface area (Å²) in [5.74, 6) is 1.07. The number of piperidine rings is 1. The van der Waals surface area contributed by atoms with Crippen molar-refractivity contribution >= 4 is 0 Å². The summed E-state index contributed by atoms with van der Waals surface area (Å²) in [5.41, 5.74) is 1.04. The zero-order valence-corrected chi connectivity index (χ0v) is 11.2. The Morgan fingerprint density at radius 3 is 2.72 bits per heavy atom. The summed E-state index contributed by atoms with van der Waals surface area (Å²) in [7, 11) is 0. The van der Waals surface area contributed by atoms with E-state index in [9.17, 15) is 4.39 Å². The second kappa shape index (κ2) is 6.19. The van der Waals surface area contributed by atoms with Crippen LogP contribution in [-0.2, 0) is 0 Å². The average Bonchev–Trinajstić information content (AvgIpc) is 2.38. The van der Waals surface area contributed by atoms with E-state index in [0.717, 1.165) is 31.5 Å². The lowest BCUT2D eigenvalue weighted by atomic mass is 9.89. The van der Waals surface area contributed by atoms with Gasteiger partial charge in [-0.1, -0.05) is 26.0 Å². The molecule has 3 heteroatoms. The second-order valence-electron chi connectivity index (χ2n) is 5.39. The highest BCUT2D eigenvalue weighted by atomic mass is 19.1. The zero-order chi connectivity index (χ0) is 13.0. The van der Waals surface area contributed by atoms with Gasteiger partial charge >= 0.3 is 0 Å². The lowest BCUT2D eigenvalue weighted by Gasteiger charge is -2.25. The van der Waals surface area contributed by atoms with Crippen molar-refractivity contribution in [3.8, 4) is 5.75 Å². The normalized spacial score (nSPS) is 17.1. The van der Waals surface area contributed by atoms with Gasteiger partial charge in [-0.2, -0.15) is 0 Å². The van der Waals surface area contributed by atoms with Crippen molar-refractivity contribution in [2.24, 2.45) is 5.92 Å². The molecule has 1 aliphatic rings. The van der Waals surface area contributed by atoms with E-state index in [-0.39, 0.29) is 5.82 Å². The Kier molecular flexibility index (Phi) is 4.59. The Morgan fingerprint density at radius 2 is 2.06 bits per heavy atom. The van der Waals surface area contributed by atoms with Gasteiger partial charge in [0.1, 0.15) is 0 Å². The molecule has 1 aromatic carbocycles. The highest BCUT2D eigenvalue weighted by molar-refractivity contribution is 5.38. The minimum atomic E-state index is -0.230. The van der Waals surface area contributed by atoms with E-state index in [2.05, 4.69) is 19.2 Å². The second-order valence-corrected chi connectivity index (χ2v) is 5.39. The number of hydrogen-bond acceptors (Lipinski definition) is 2. The smallest absolute Gasteiger partial charge is 0.165 e. The van der Waals surface area contributed by atoms with Crippen molar-refractivity contribution in [1.82, 2.24) is 5.32 Å². The van der Waals surface area contributed by atoms with Gasteiger partial charge in [-0.3, -0.25) is 0 Å². The molecule has 0 radical (unpaired) electrons. The first-order chi connectivity index (χ1) is 8.68. The minimum Gasteiger partial charge on any atom is -0.490 e. The number of para-hydroxylation sites is 1. The van der Waals surface area contributed by atoms with Crippen molar-refractivity contribution in [2.75, 3.05) is 19.7 Å². The maximum atomic E-state index is 13.9. The van der Waals surface area contributed by atoms with Crippen molar-refractivity contribution in [2.45, 2.75) is 32.6 Å². The molecule has 1 aromatic rings. The van der Waals surface area contributed by atoms with Gasteiger partial charge in [0.05, 0.1) is 6.61 Å². The van der Waals surface area contributed by atoms with Crippen LogP contribution in [0.3, 0.4) is 0 Å². The Labute approximate surface area is 109 Å². The molecule has 0 bridgehead atoms. The molecule has 1 aliphatic heterocycles. The van der Waals surface area contributed by atoms with Gasteiger partial charge < -0.3 is 10.1 Å². The minimum absolute atomic E-state index is 0.230. The quantitative estimate of drug-likeness (QED) is 0.886. The number of benzene rings is 1. The van der Waals surface area contributed by atoms with Gasteiger partial charge in [0.15, 0.2) is 11.6 Å². The van der Waals surface area contributed by atoms with E-state index < -0.39 is 0 Å².